The molecular weight excluding hydrogens is 276 g/mol. The van der Waals surface area contributed by atoms with Crippen LogP contribution in [0.15, 0.2) is 33.5 Å². The molecule has 0 amide bonds. The second-order valence-corrected chi connectivity index (χ2v) is 6.46. The smallest absolute Gasteiger partial charge is 0.362 e. The molecule has 1 atom stereocenters. The largest absolute Gasteiger partial charge is 0.421 e. The summed E-state index contributed by atoms with van der Waals surface area (Å²) in [5.74, 6) is 0. The van der Waals surface area contributed by atoms with Crippen LogP contribution in [-0.2, 0) is 0 Å². The Morgan fingerprint density at radius 3 is 2.59 bits per heavy atom. The lowest BCUT2D eigenvalue weighted by molar-refractivity contribution is 0.480. The molecular formula is C18H22N2O2. The maximum absolute atomic E-state index is 12.6. The third kappa shape index (κ3) is 2.09. The second kappa shape index (κ2) is 5.34. The number of anilines is 2. The quantitative estimate of drug-likeness (QED) is 0.796. The van der Waals surface area contributed by atoms with Crippen LogP contribution in [0.4, 0.5) is 11.4 Å². The summed E-state index contributed by atoms with van der Waals surface area (Å²) in [6.45, 7) is 5.20. The van der Waals surface area contributed by atoms with Crippen molar-refractivity contribution in [2.75, 3.05) is 29.4 Å². The van der Waals surface area contributed by atoms with Crippen molar-refractivity contribution in [1.29, 1.82) is 0 Å². The molecule has 2 saturated heterocycles. The van der Waals surface area contributed by atoms with Crippen molar-refractivity contribution >= 4 is 22.3 Å². The summed E-state index contributed by atoms with van der Waals surface area (Å²) in [6, 6.07) is 8.41. The molecule has 2 aromatic rings. The molecule has 116 valence electrons. The van der Waals surface area contributed by atoms with Gasteiger partial charge in [0.1, 0.15) is 11.3 Å². The topological polar surface area (TPSA) is 36.7 Å². The van der Waals surface area contributed by atoms with Gasteiger partial charge in [-0.25, -0.2) is 4.79 Å². The molecule has 0 N–H and O–H groups in total. The molecule has 1 unspecified atom stereocenters. The third-order valence-electron chi connectivity index (χ3n) is 5.02. The summed E-state index contributed by atoms with van der Waals surface area (Å²) < 4.78 is 5.59. The highest BCUT2D eigenvalue weighted by Gasteiger charge is 2.30. The lowest BCUT2D eigenvalue weighted by Crippen LogP contribution is -2.44. The zero-order valence-corrected chi connectivity index (χ0v) is 13.0. The second-order valence-electron chi connectivity index (χ2n) is 6.46. The number of nitrogens with zero attached hydrogens (tertiary/aromatic N) is 2. The van der Waals surface area contributed by atoms with Crippen molar-refractivity contribution in [2.45, 2.75) is 38.6 Å². The summed E-state index contributed by atoms with van der Waals surface area (Å²) in [7, 11) is 0. The Balaban J connectivity index is 1.97. The number of benzene rings is 1. The predicted molar refractivity (Wildman–Crippen MR) is 90.0 cm³/mol. The van der Waals surface area contributed by atoms with Crippen LogP contribution >= 0.6 is 0 Å². The number of hydrogen-bond acceptors (Lipinski definition) is 4. The molecule has 3 heterocycles. The van der Waals surface area contributed by atoms with Crippen molar-refractivity contribution in [1.82, 2.24) is 0 Å². The van der Waals surface area contributed by atoms with Gasteiger partial charge >= 0.3 is 5.63 Å². The molecule has 0 saturated carbocycles. The zero-order valence-electron chi connectivity index (χ0n) is 13.0. The first kappa shape index (κ1) is 13.7. The van der Waals surface area contributed by atoms with E-state index in [2.05, 4.69) is 22.8 Å². The average molecular weight is 298 g/mol. The minimum absolute atomic E-state index is 0.189. The summed E-state index contributed by atoms with van der Waals surface area (Å²) in [6.07, 6.45) is 4.81. The molecule has 22 heavy (non-hydrogen) atoms. The van der Waals surface area contributed by atoms with Crippen LogP contribution in [-0.4, -0.2) is 25.7 Å². The summed E-state index contributed by atoms with van der Waals surface area (Å²) in [5.41, 5.74) is 2.38. The van der Waals surface area contributed by atoms with E-state index in [4.69, 9.17) is 4.42 Å². The van der Waals surface area contributed by atoms with E-state index >= 15 is 0 Å². The van der Waals surface area contributed by atoms with E-state index in [9.17, 15) is 4.79 Å². The van der Waals surface area contributed by atoms with Gasteiger partial charge in [-0.05, 0) is 44.7 Å². The van der Waals surface area contributed by atoms with Crippen LogP contribution in [0.2, 0.25) is 0 Å². The number of fused-ring (bicyclic) bond motifs is 1. The standard InChI is InChI=1S/C18H22N2O2/c1-13-7-4-5-12-20(13)16-14-8-2-3-9-15(14)22-18(21)17(16)19-10-6-11-19/h2-3,8-9,13H,4-7,10-12H2,1H3. The van der Waals surface area contributed by atoms with E-state index in [0.29, 0.717) is 11.6 Å². The van der Waals surface area contributed by atoms with Gasteiger partial charge in [0.05, 0.1) is 5.69 Å². The highest BCUT2D eigenvalue weighted by Crippen LogP contribution is 2.38. The van der Waals surface area contributed by atoms with Crippen LogP contribution in [0.25, 0.3) is 11.0 Å². The van der Waals surface area contributed by atoms with Crippen molar-refractivity contribution in [3.8, 4) is 0 Å². The van der Waals surface area contributed by atoms with Gasteiger partial charge in [-0.15, -0.1) is 0 Å². The third-order valence-corrected chi connectivity index (χ3v) is 5.02. The lowest BCUT2D eigenvalue weighted by Gasteiger charge is -2.40. The van der Waals surface area contributed by atoms with E-state index in [-0.39, 0.29) is 5.63 Å². The first-order chi connectivity index (χ1) is 10.8. The monoisotopic (exact) mass is 298 g/mol. The Hall–Kier alpha value is -1.97. The molecule has 4 heteroatoms. The number of hydrogen-bond donors (Lipinski definition) is 0. The minimum atomic E-state index is -0.189. The molecule has 2 aliphatic heterocycles. The van der Waals surface area contributed by atoms with Gasteiger partial charge in [-0.2, -0.15) is 0 Å². The summed E-state index contributed by atoms with van der Waals surface area (Å²) in [4.78, 5) is 17.2. The van der Waals surface area contributed by atoms with Crippen LogP contribution in [0, 0.1) is 0 Å². The van der Waals surface area contributed by atoms with E-state index in [1.54, 1.807) is 0 Å². The van der Waals surface area contributed by atoms with Gasteiger partial charge in [-0.1, -0.05) is 12.1 Å². The van der Waals surface area contributed by atoms with Crippen LogP contribution in [0.5, 0.6) is 0 Å². The van der Waals surface area contributed by atoms with Crippen molar-refractivity contribution in [2.24, 2.45) is 0 Å². The molecule has 1 aromatic carbocycles. The molecule has 1 aromatic heterocycles. The highest BCUT2D eigenvalue weighted by atomic mass is 16.4. The first-order valence-electron chi connectivity index (χ1n) is 8.33. The molecule has 0 radical (unpaired) electrons. The molecule has 2 fully saturated rings. The number of rotatable bonds is 2. The minimum Gasteiger partial charge on any atom is -0.421 e. The van der Waals surface area contributed by atoms with Gasteiger partial charge in [0, 0.05) is 31.1 Å². The number of piperidine rings is 1. The van der Waals surface area contributed by atoms with Crippen LogP contribution in [0.3, 0.4) is 0 Å². The fraction of sp³-hybridized carbons (Fsp3) is 0.500. The molecule has 0 aliphatic carbocycles. The van der Waals surface area contributed by atoms with Crippen LogP contribution in [0.1, 0.15) is 32.6 Å². The Labute approximate surface area is 130 Å². The summed E-state index contributed by atoms with van der Waals surface area (Å²) in [5, 5.41) is 1.07. The maximum atomic E-state index is 12.6. The zero-order chi connectivity index (χ0) is 15.1. The molecule has 2 aliphatic rings. The SMILES string of the molecule is CC1CCCCN1c1c(N2CCC2)c(=O)oc2ccccc12. The Morgan fingerprint density at radius 2 is 1.86 bits per heavy atom. The molecule has 0 bridgehead atoms. The lowest BCUT2D eigenvalue weighted by atomic mass is 10.0. The number of para-hydroxylation sites is 1. The van der Waals surface area contributed by atoms with Gasteiger partial charge in [0.2, 0.25) is 0 Å². The van der Waals surface area contributed by atoms with Crippen molar-refractivity contribution in [3.63, 3.8) is 0 Å². The van der Waals surface area contributed by atoms with E-state index in [1.807, 2.05) is 18.2 Å². The molecule has 0 spiro atoms. The molecule has 4 rings (SSSR count). The van der Waals surface area contributed by atoms with E-state index in [0.717, 1.165) is 42.8 Å². The van der Waals surface area contributed by atoms with Gasteiger partial charge in [0.25, 0.3) is 0 Å². The molecule has 4 nitrogen and oxygen atoms in total. The maximum Gasteiger partial charge on any atom is 0.362 e. The van der Waals surface area contributed by atoms with Gasteiger partial charge in [0.15, 0.2) is 0 Å². The van der Waals surface area contributed by atoms with Crippen LogP contribution < -0.4 is 15.4 Å². The highest BCUT2D eigenvalue weighted by molar-refractivity contribution is 5.97. The Bertz CT molecular complexity index is 748. The average Bonchev–Trinajstić information content (AvgIpc) is 2.47. The van der Waals surface area contributed by atoms with Crippen molar-refractivity contribution < 1.29 is 4.42 Å². The first-order valence-corrected chi connectivity index (χ1v) is 8.33. The van der Waals surface area contributed by atoms with E-state index < -0.39 is 0 Å². The predicted octanol–water partition coefficient (Wildman–Crippen LogP) is 3.38. The Kier molecular flexibility index (Phi) is 3.32. The summed E-state index contributed by atoms with van der Waals surface area (Å²) >= 11 is 0. The van der Waals surface area contributed by atoms with Gasteiger partial charge in [-0.3, -0.25) is 0 Å². The van der Waals surface area contributed by atoms with Gasteiger partial charge < -0.3 is 14.2 Å². The Morgan fingerprint density at radius 1 is 1.05 bits per heavy atom. The van der Waals surface area contributed by atoms with Crippen molar-refractivity contribution in [3.05, 3.63) is 34.7 Å². The fourth-order valence-corrected chi connectivity index (χ4v) is 3.66. The fourth-order valence-electron chi connectivity index (χ4n) is 3.66. The van der Waals surface area contributed by atoms with E-state index in [1.165, 1.54) is 19.3 Å². The normalized spacial score (nSPS) is 22.0.